The van der Waals surface area contributed by atoms with Crippen molar-refractivity contribution in [2.45, 2.75) is 37.8 Å². The zero-order chi connectivity index (χ0) is 31.9. The Morgan fingerprint density at radius 2 is 1.43 bits per heavy atom. The van der Waals surface area contributed by atoms with Crippen molar-refractivity contribution in [1.82, 2.24) is 10.2 Å². The minimum absolute atomic E-state index is 0.0387. The standard InChI is InChI=1S/C33H32Cl3N3O4S/c1-3-37-33(41)31(20-24-11-5-4-6-12-24)38(21-27-28(35)13-9-14-29(27)36)32(40)22-39(30-15-8-7-10-23(30)2)44(42,43)26-18-16-25(34)17-19-26/h4-19,31H,3,20-22H2,1-2H3,(H,37,41)/t31-/m1/s1. The number of nitrogens with zero attached hydrogens (tertiary/aromatic N) is 2. The Balaban J connectivity index is 1.84. The third-order valence-electron chi connectivity index (χ3n) is 7.08. The minimum Gasteiger partial charge on any atom is -0.355 e. The molecule has 44 heavy (non-hydrogen) atoms. The zero-order valence-corrected chi connectivity index (χ0v) is 27.3. The first kappa shape index (κ1) is 33.3. The lowest BCUT2D eigenvalue weighted by Gasteiger charge is -2.34. The van der Waals surface area contributed by atoms with Crippen LogP contribution >= 0.6 is 34.8 Å². The maximum atomic E-state index is 14.5. The second-order valence-electron chi connectivity index (χ2n) is 10.1. The number of amides is 2. The highest BCUT2D eigenvalue weighted by Crippen LogP contribution is 2.30. The predicted octanol–water partition coefficient (Wildman–Crippen LogP) is 6.93. The molecule has 1 N–H and O–H groups in total. The molecule has 0 bridgehead atoms. The molecule has 4 aromatic rings. The highest BCUT2D eigenvalue weighted by atomic mass is 35.5. The molecule has 2 amide bonds. The topological polar surface area (TPSA) is 86.8 Å². The van der Waals surface area contributed by atoms with Gasteiger partial charge in [-0.2, -0.15) is 0 Å². The van der Waals surface area contributed by atoms with Crippen LogP contribution in [0.15, 0.2) is 102 Å². The van der Waals surface area contributed by atoms with E-state index in [0.29, 0.717) is 38.4 Å². The molecule has 0 aliphatic rings. The van der Waals surface area contributed by atoms with Crippen LogP contribution in [0.2, 0.25) is 15.1 Å². The summed E-state index contributed by atoms with van der Waals surface area (Å²) < 4.78 is 29.3. The Hall–Kier alpha value is -3.56. The number of carbonyl (C=O) groups is 2. The number of halogens is 3. The van der Waals surface area contributed by atoms with Gasteiger partial charge in [-0.1, -0.05) is 89.4 Å². The van der Waals surface area contributed by atoms with Gasteiger partial charge < -0.3 is 10.2 Å². The number of aryl methyl sites for hydroxylation is 1. The van der Waals surface area contributed by atoms with E-state index < -0.39 is 34.4 Å². The Kier molecular flexibility index (Phi) is 11.3. The van der Waals surface area contributed by atoms with Gasteiger partial charge in [0.25, 0.3) is 10.0 Å². The number of rotatable bonds is 12. The highest BCUT2D eigenvalue weighted by Gasteiger charge is 2.35. The van der Waals surface area contributed by atoms with Crippen LogP contribution in [0, 0.1) is 6.92 Å². The van der Waals surface area contributed by atoms with Crippen LogP contribution in [0.25, 0.3) is 0 Å². The quantitative estimate of drug-likeness (QED) is 0.177. The molecule has 1 atom stereocenters. The average Bonchev–Trinajstić information content (AvgIpc) is 3.00. The molecule has 0 unspecified atom stereocenters. The van der Waals surface area contributed by atoms with E-state index in [9.17, 15) is 18.0 Å². The van der Waals surface area contributed by atoms with Crippen molar-refractivity contribution in [3.8, 4) is 0 Å². The van der Waals surface area contributed by atoms with Crippen molar-refractivity contribution in [1.29, 1.82) is 0 Å². The summed E-state index contributed by atoms with van der Waals surface area (Å²) >= 11 is 19.1. The third kappa shape index (κ3) is 7.93. The van der Waals surface area contributed by atoms with Crippen LogP contribution < -0.4 is 9.62 Å². The number of likely N-dealkylation sites (N-methyl/N-ethyl adjacent to an activating group) is 1. The molecule has 0 heterocycles. The van der Waals surface area contributed by atoms with Gasteiger partial charge in [0.05, 0.1) is 10.6 Å². The molecule has 230 valence electrons. The Morgan fingerprint density at radius 3 is 2.05 bits per heavy atom. The average molecular weight is 673 g/mol. The van der Waals surface area contributed by atoms with Gasteiger partial charge in [0, 0.05) is 40.1 Å². The molecule has 0 saturated heterocycles. The summed E-state index contributed by atoms with van der Waals surface area (Å²) in [7, 11) is -4.25. The second kappa shape index (κ2) is 14.9. The monoisotopic (exact) mass is 671 g/mol. The number of para-hydroxylation sites is 1. The van der Waals surface area contributed by atoms with E-state index in [1.165, 1.54) is 29.2 Å². The molecule has 0 aromatic heterocycles. The maximum Gasteiger partial charge on any atom is 0.264 e. The number of hydrogen-bond donors (Lipinski definition) is 1. The lowest BCUT2D eigenvalue weighted by molar-refractivity contribution is -0.140. The van der Waals surface area contributed by atoms with Crippen molar-refractivity contribution >= 4 is 62.3 Å². The fourth-order valence-electron chi connectivity index (χ4n) is 4.79. The SMILES string of the molecule is CCNC(=O)[C@@H](Cc1ccccc1)N(Cc1c(Cl)cccc1Cl)C(=O)CN(c1ccccc1C)S(=O)(=O)c1ccc(Cl)cc1. The lowest BCUT2D eigenvalue weighted by Crippen LogP contribution is -2.53. The van der Waals surface area contributed by atoms with Gasteiger partial charge in [-0.05, 0) is 67.4 Å². The minimum atomic E-state index is -4.25. The largest absolute Gasteiger partial charge is 0.355 e. The molecule has 0 aliphatic carbocycles. The van der Waals surface area contributed by atoms with E-state index in [1.54, 1.807) is 56.3 Å². The van der Waals surface area contributed by atoms with Crippen LogP contribution in [0.5, 0.6) is 0 Å². The molecule has 0 aliphatic heterocycles. The van der Waals surface area contributed by atoms with Crippen LogP contribution in [-0.2, 0) is 32.6 Å². The molecule has 0 radical (unpaired) electrons. The molecule has 0 saturated carbocycles. The summed E-state index contributed by atoms with van der Waals surface area (Å²) in [5.41, 5.74) is 2.22. The summed E-state index contributed by atoms with van der Waals surface area (Å²) in [4.78, 5) is 29.4. The summed E-state index contributed by atoms with van der Waals surface area (Å²) in [6, 6.07) is 25.9. The molecule has 11 heteroatoms. The Morgan fingerprint density at radius 1 is 0.818 bits per heavy atom. The fourth-order valence-corrected chi connectivity index (χ4v) is 6.91. The molecular weight excluding hydrogens is 641 g/mol. The normalized spacial score (nSPS) is 11.9. The number of hydrogen-bond acceptors (Lipinski definition) is 4. The van der Waals surface area contributed by atoms with E-state index in [1.807, 2.05) is 30.3 Å². The summed E-state index contributed by atoms with van der Waals surface area (Å²) in [5, 5.41) is 3.83. The van der Waals surface area contributed by atoms with Gasteiger partial charge in [-0.25, -0.2) is 8.42 Å². The van der Waals surface area contributed by atoms with Crippen LogP contribution in [-0.4, -0.2) is 44.3 Å². The van der Waals surface area contributed by atoms with Gasteiger partial charge >= 0.3 is 0 Å². The van der Waals surface area contributed by atoms with Crippen LogP contribution in [0.1, 0.15) is 23.6 Å². The number of carbonyl (C=O) groups excluding carboxylic acids is 2. The van der Waals surface area contributed by atoms with E-state index in [-0.39, 0.29) is 17.9 Å². The Bertz CT molecular complexity index is 1700. The number of nitrogens with one attached hydrogen (secondary N) is 1. The Labute approximate surface area is 273 Å². The smallest absolute Gasteiger partial charge is 0.264 e. The molecule has 0 fully saturated rings. The lowest BCUT2D eigenvalue weighted by atomic mass is 10.0. The first-order valence-corrected chi connectivity index (χ1v) is 16.5. The molecule has 4 rings (SSSR count). The van der Waals surface area contributed by atoms with Gasteiger partial charge in [0.1, 0.15) is 12.6 Å². The van der Waals surface area contributed by atoms with Gasteiger partial charge in [-0.15, -0.1) is 0 Å². The van der Waals surface area contributed by atoms with E-state index in [4.69, 9.17) is 34.8 Å². The zero-order valence-electron chi connectivity index (χ0n) is 24.2. The van der Waals surface area contributed by atoms with Crippen molar-refractivity contribution in [2.75, 3.05) is 17.4 Å². The van der Waals surface area contributed by atoms with Crippen molar-refractivity contribution in [3.05, 3.63) is 129 Å². The summed E-state index contributed by atoms with van der Waals surface area (Å²) in [6.07, 6.45) is 0.175. The van der Waals surface area contributed by atoms with Gasteiger partial charge in [0.2, 0.25) is 11.8 Å². The van der Waals surface area contributed by atoms with E-state index >= 15 is 0 Å². The first-order chi connectivity index (χ1) is 21.0. The van der Waals surface area contributed by atoms with Gasteiger partial charge in [-0.3, -0.25) is 13.9 Å². The molecule has 4 aromatic carbocycles. The summed E-state index contributed by atoms with van der Waals surface area (Å²) in [5.74, 6) is -1.01. The van der Waals surface area contributed by atoms with Crippen LogP contribution in [0.3, 0.4) is 0 Å². The number of benzene rings is 4. The third-order valence-corrected chi connectivity index (χ3v) is 9.81. The maximum absolute atomic E-state index is 14.5. The molecule has 7 nitrogen and oxygen atoms in total. The van der Waals surface area contributed by atoms with Gasteiger partial charge in [0.15, 0.2) is 0 Å². The molecule has 0 spiro atoms. The first-order valence-electron chi connectivity index (χ1n) is 13.9. The molecular formula is C33H32Cl3N3O4S. The van der Waals surface area contributed by atoms with E-state index in [0.717, 1.165) is 9.87 Å². The van der Waals surface area contributed by atoms with Crippen molar-refractivity contribution in [2.24, 2.45) is 0 Å². The number of sulfonamides is 1. The second-order valence-corrected chi connectivity index (χ2v) is 13.2. The fraction of sp³-hybridized carbons (Fsp3) is 0.212. The predicted molar refractivity (Wildman–Crippen MR) is 177 cm³/mol. The van der Waals surface area contributed by atoms with Crippen LogP contribution in [0.4, 0.5) is 5.69 Å². The van der Waals surface area contributed by atoms with E-state index in [2.05, 4.69) is 5.32 Å². The van der Waals surface area contributed by atoms with Crippen molar-refractivity contribution in [3.63, 3.8) is 0 Å². The number of anilines is 1. The summed E-state index contributed by atoms with van der Waals surface area (Å²) in [6.45, 7) is 3.15. The van der Waals surface area contributed by atoms with Crippen molar-refractivity contribution < 1.29 is 18.0 Å². The highest BCUT2D eigenvalue weighted by molar-refractivity contribution is 7.92.